The van der Waals surface area contributed by atoms with E-state index in [2.05, 4.69) is 27.1 Å². The molecule has 20 heavy (non-hydrogen) atoms. The van der Waals surface area contributed by atoms with Gasteiger partial charge in [0, 0.05) is 17.8 Å². The van der Waals surface area contributed by atoms with Gasteiger partial charge in [0.05, 0.1) is 43.4 Å². The van der Waals surface area contributed by atoms with E-state index in [0.717, 1.165) is 54.6 Å². The van der Waals surface area contributed by atoms with Crippen LogP contribution in [0.4, 0.5) is 0 Å². The summed E-state index contributed by atoms with van der Waals surface area (Å²) in [5.74, 6) is 0. The molecule has 3 rings (SSSR count). The highest BCUT2D eigenvalue weighted by molar-refractivity contribution is 5.99. The van der Waals surface area contributed by atoms with Crippen LogP contribution in [-0.4, -0.2) is 51.6 Å². The molecular formula is C14H19N5O. The average Bonchev–Trinajstić information content (AvgIpc) is 2.82. The first-order valence-corrected chi connectivity index (χ1v) is 6.85. The summed E-state index contributed by atoms with van der Waals surface area (Å²) in [6.07, 6.45) is 1.88. The fraction of sp³-hybridized carbons (Fsp3) is 0.500. The van der Waals surface area contributed by atoms with E-state index in [-0.39, 0.29) is 0 Å². The SMILES string of the molecule is C/C(=N\N1CCOCC1)c1cnc2cc(C)nn2c1C. The second-order valence-electron chi connectivity index (χ2n) is 5.06. The number of aromatic nitrogens is 3. The smallest absolute Gasteiger partial charge is 0.155 e. The Morgan fingerprint density at radius 1 is 1.30 bits per heavy atom. The summed E-state index contributed by atoms with van der Waals surface area (Å²) >= 11 is 0. The second-order valence-corrected chi connectivity index (χ2v) is 5.06. The van der Waals surface area contributed by atoms with Crippen LogP contribution < -0.4 is 0 Å². The summed E-state index contributed by atoms with van der Waals surface area (Å²) in [7, 11) is 0. The van der Waals surface area contributed by atoms with Gasteiger partial charge in [-0.2, -0.15) is 10.2 Å². The molecule has 0 aromatic carbocycles. The van der Waals surface area contributed by atoms with E-state index in [1.807, 2.05) is 30.6 Å². The third-order valence-electron chi connectivity index (χ3n) is 3.51. The molecule has 0 atom stereocenters. The highest BCUT2D eigenvalue weighted by Gasteiger charge is 2.12. The number of ether oxygens (including phenoxy) is 1. The number of nitrogens with zero attached hydrogens (tertiary/aromatic N) is 5. The van der Waals surface area contributed by atoms with Gasteiger partial charge in [-0.15, -0.1) is 0 Å². The molecule has 0 amide bonds. The molecule has 6 heteroatoms. The molecule has 1 aliphatic rings. The number of rotatable bonds is 2. The summed E-state index contributed by atoms with van der Waals surface area (Å²) in [6.45, 7) is 9.20. The zero-order valence-corrected chi connectivity index (χ0v) is 12.1. The van der Waals surface area contributed by atoms with Gasteiger partial charge in [-0.1, -0.05) is 0 Å². The van der Waals surface area contributed by atoms with Crippen molar-refractivity contribution < 1.29 is 4.74 Å². The van der Waals surface area contributed by atoms with E-state index in [1.54, 1.807) is 0 Å². The fourth-order valence-electron chi connectivity index (χ4n) is 2.44. The molecule has 1 fully saturated rings. The van der Waals surface area contributed by atoms with Gasteiger partial charge in [0.25, 0.3) is 0 Å². The number of hydrazone groups is 1. The van der Waals surface area contributed by atoms with Crippen molar-refractivity contribution in [3.8, 4) is 0 Å². The first-order chi connectivity index (χ1) is 9.65. The van der Waals surface area contributed by atoms with Crippen molar-refractivity contribution in [2.45, 2.75) is 20.8 Å². The molecule has 106 valence electrons. The van der Waals surface area contributed by atoms with E-state index in [4.69, 9.17) is 4.74 Å². The Morgan fingerprint density at radius 3 is 2.80 bits per heavy atom. The van der Waals surface area contributed by atoms with Crippen LogP contribution in [0.3, 0.4) is 0 Å². The Bertz CT molecular complexity index is 655. The minimum atomic E-state index is 0.741. The number of hydrogen-bond acceptors (Lipinski definition) is 5. The Morgan fingerprint density at radius 2 is 2.05 bits per heavy atom. The molecule has 0 saturated carbocycles. The lowest BCUT2D eigenvalue weighted by Gasteiger charge is -2.24. The summed E-state index contributed by atoms with van der Waals surface area (Å²) < 4.78 is 7.21. The molecule has 0 aliphatic carbocycles. The lowest BCUT2D eigenvalue weighted by molar-refractivity contribution is 0.0393. The van der Waals surface area contributed by atoms with Crippen LogP contribution in [0.5, 0.6) is 0 Å². The topological polar surface area (TPSA) is 55.0 Å². The van der Waals surface area contributed by atoms with Crippen LogP contribution in [0.2, 0.25) is 0 Å². The highest BCUT2D eigenvalue weighted by atomic mass is 16.5. The maximum absolute atomic E-state index is 5.33. The van der Waals surface area contributed by atoms with Crippen LogP contribution in [0.25, 0.3) is 5.65 Å². The predicted molar refractivity (Wildman–Crippen MR) is 77.1 cm³/mol. The third kappa shape index (κ3) is 2.38. The zero-order chi connectivity index (χ0) is 14.1. The van der Waals surface area contributed by atoms with Gasteiger partial charge in [0.1, 0.15) is 0 Å². The lowest BCUT2D eigenvalue weighted by atomic mass is 10.1. The number of morpholine rings is 1. The normalized spacial score (nSPS) is 16.9. The van der Waals surface area contributed by atoms with Crippen molar-refractivity contribution in [3.63, 3.8) is 0 Å². The molecule has 1 saturated heterocycles. The van der Waals surface area contributed by atoms with E-state index in [9.17, 15) is 0 Å². The molecule has 0 N–H and O–H groups in total. The quantitative estimate of drug-likeness (QED) is 0.776. The molecule has 0 unspecified atom stereocenters. The molecule has 6 nitrogen and oxygen atoms in total. The van der Waals surface area contributed by atoms with Crippen LogP contribution >= 0.6 is 0 Å². The number of hydrogen-bond donors (Lipinski definition) is 0. The molecule has 0 radical (unpaired) electrons. The second kappa shape index (κ2) is 5.20. The van der Waals surface area contributed by atoms with Gasteiger partial charge in [0.15, 0.2) is 5.65 Å². The zero-order valence-electron chi connectivity index (χ0n) is 12.1. The predicted octanol–water partition coefficient (Wildman–Crippen LogP) is 1.40. The van der Waals surface area contributed by atoms with Crippen LogP contribution in [0.1, 0.15) is 23.9 Å². The molecular weight excluding hydrogens is 254 g/mol. The van der Waals surface area contributed by atoms with Gasteiger partial charge in [-0.05, 0) is 20.8 Å². The molecule has 2 aromatic rings. The summed E-state index contributed by atoms with van der Waals surface area (Å²) in [6, 6.07) is 1.98. The summed E-state index contributed by atoms with van der Waals surface area (Å²) in [5.41, 5.74) is 4.92. The van der Waals surface area contributed by atoms with Gasteiger partial charge in [0.2, 0.25) is 0 Å². The summed E-state index contributed by atoms with van der Waals surface area (Å²) in [4.78, 5) is 4.45. The van der Waals surface area contributed by atoms with Crippen molar-refractivity contribution in [2.75, 3.05) is 26.3 Å². The average molecular weight is 273 g/mol. The van der Waals surface area contributed by atoms with Crippen LogP contribution in [0.15, 0.2) is 17.4 Å². The lowest BCUT2D eigenvalue weighted by Crippen LogP contribution is -2.33. The Hall–Kier alpha value is -1.95. The van der Waals surface area contributed by atoms with E-state index in [0.29, 0.717) is 0 Å². The molecule has 0 spiro atoms. The van der Waals surface area contributed by atoms with Crippen molar-refractivity contribution in [1.82, 2.24) is 19.6 Å². The van der Waals surface area contributed by atoms with Gasteiger partial charge >= 0.3 is 0 Å². The maximum atomic E-state index is 5.33. The largest absolute Gasteiger partial charge is 0.378 e. The molecule has 1 aliphatic heterocycles. The maximum Gasteiger partial charge on any atom is 0.155 e. The third-order valence-corrected chi connectivity index (χ3v) is 3.51. The number of fused-ring (bicyclic) bond motifs is 1. The fourth-order valence-corrected chi connectivity index (χ4v) is 2.44. The monoisotopic (exact) mass is 273 g/mol. The summed E-state index contributed by atoms with van der Waals surface area (Å²) in [5, 5.41) is 11.2. The van der Waals surface area contributed by atoms with Crippen LogP contribution in [0, 0.1) is 13.8 Å². The first kappa shape index (κ1) is 13.1. The van der Waals surface area contributed by atoms with Crippen molar-refractivity contribution in [2.24, 2.45) is 5.10 Å². The number of aryl methyl sites for hydroxylation is 2. The van der Waals surface area contributed by atoms with E-state index in [1.165, 1.54) is 0 Å². The van der Waals surface area contributed by atoms with E-state index < -0.39 is 0 Å². The standard InChI is InChI=1S/C14H19N5O/c1-10-8-14-15-9-13(12(3)19(14)16-10)11(2)17-18-4-6-20-7-5-18/h8-9H,4-7H2,1-3H3/b17-11+. The highest BCUT2D eigenvalue weighted by Crippen LogP contribution is 2.13. The molecule has 2 aromatic heterocycles. The minimum absolute atomic E-state index is 0.741. The molecule has 0 bridgehead atoms. The van der Waals surface area contributed by atoms with Crippen molar-refractivity contribution in [1.29, 1.82) is 0 Å². The van der Waals surface area contributed by atoms with Crippen LogP contribution in [-0.2, 0) is 4.74 Å². The van der Waals surface area contributed by atoms with Gasteiger partial charge < -0.3 is 4.74 Å². The Kier molecular flexibility index (Phi) is 3.40. The minimum Gasteiger partial charge on any atom is -0.378 e. The molecule has 3 heterocycles. The Balaban J connectivity index is 1.96. The van der Waals surface area contributed by atoms with E-state index >= 15 is 0 Å². The Labute approximate surface area is 118 Å². The first-order valence-electron chi connectivity index (χ1n) is 6.85. The van der Waals surface area contributed by atoms with Crippen molar-refractivity contribution >= 4 is 11.4 Å². The van der Waals surface area contributed by atoms with Gasteiger partial charge in [-0.25, -0.2) is 9.50 Å². The van der Waals surface area contributed by atoms with Crippen molar-refractivity contribution in [3.05, 3.63) is 29.2 Å². The van der Waals surface area contributed by atoms with Gasteiger partial charge in [-0.3, -0.25) is 5.01 Å².